The summed E-state index contributed by atoms with van der Waals surface area (Å²) in [5, 5.41) is 4.02. The molecule has 1 aromatic carbocycles. The van der Waals surface area contributed by atoms with Crippen LogP contribution in [0, 0.1) is 0 Å². The van der Waals surface area contributed by atoms with Gasteiger partial charge in [-0.25, -0.2) is 0 Å². The number of anilines is 1. The lowest BCUT2D eigenvalue weighted by Crippen LogP contribution is -2.42. The molecule has 114 valence electrons. The summed E-state index contributed by atoms with van der Waals surface area (Å²) in [4.78, 5) is 24.5. The number of para-hydroxylation sites is 1. The van der Waals surface area contributed by atoms with Crippen molar-refractivity contribution in [3.8, 4) is 11.4 Å². The molecule has 0 bridgehead atoms. The topological polar surface area (TPSA) is 108 Å². The van der Waals surface area contributed by atoms with E-state index in [2.05, 4.69) is 5.10 Å². The van der Waals surface area contributed by atoms with Crippen molar-refractivity contribution in [2.75, 3.05) is 5.73 Å². The fourth-order valence-electron chi connectivity index (χ4n) is 2.25. The van der Waals surface area contributed by atoms with E-state index >= 15 is 0 Å². The number of nitrogen functional groups attached to an aromatic ring is 1. The Balaban J connectivity index is 2.38. The molecule has 0 spiro atoms. The van der Waals surface area contributed by atoms with Crippen LogP contribution >= 0.6 is 0 Å². The molecule has 0 atom stereocenters. The van der Waals surface area contributed by atoms with E-state index < -0.39 is 11.5 Å². The lowest BCUT2D eigenvalue weighted by atomic mass is 10.2. The predicted molar refractivity (Wildman–Crippen MR) is 84.3 cm³/mol. The first kappa shape index (κ1) is 14.5. The summed E-state index contributed by atoms with van der Waals surface area (Å²) in [6, 6.07) is 14.0. The first-order valence-electron chi connectivity index (χ1n) is 6.84. The van der Waals surface area contributed by atoms with Gasteiger partial charge in [-0.05, 0) is 12.1 Å². The van der Waals surface area contributed by atoms with Crippen LogP contribution in [-0.4, -0.2) is 15.7 Å². The van der Waals surface area contributed by atoms with E-state index in [-0.39, 0.29) is 17.1 Å². The number of pyridine rings is 1. The van der Waals surface area contributed by atoms with Crippen LogP contribution in [0.4, 0.5) is 5.69 Å². The second-order valence-electron chi connectivity index (χ2n) is 4.81. The van der Waals surface area contributed by atoms with Crippen molar-refractivity contribution >= 4 is 11.6 Å². The van der Waals surface area contributed by atoms with Gasteiger partial charge in [0.1, 0.15) is 5.69 Å². The first-order valence-corrected chi connectivity index (χ1v) is 6.84. The molecule has 0 unspecified atom stereocenters. The molecule has 4 N–H and O–H groups in total. The van der Waals surface area contributed by atoms with Crippen LogP contribution in [0.5, 0.6) is 0 Å². The Morgan fingerprint density at radius 1 is 1.04 bits per heavy atom. The third-order valence-electron chi connectivity index (χ3n) is 3.31. The van der Waals surface area contributed by atoms with E-state index in [1.54, 1.807) is 54.9 Å². The minimum absolute atomic E-state index is 0.0501. The van der Waals surface area contributed by atoms with Crippen molar-refractivity contribution < 1.29 is 9.36 Å². The fraction of sp³-hybridized carbons (Fsp3) is 0. The Kier molecular flexibility index (Phi) is 3.60. The van der Waals surface area contributed by atoms with Crippen LogP contribution < -0.4 is 21.6 Å². The van der Waals surface area contributed by atoms with E-state index in [1.807, 2.05) is 6.07 Å². The number of primary amides is 1. The second-order valence-corrected chi connectivity index (χ2v) is 4.81. The zero-order valence-corrected chi connectivity index (χ0v) is 12.1. The highest BCUT2D eigenvalue weighted by Gasteiger charge is 2.25. The molecule has 23 heavy (non-hydrogen) atoms. The maximum Gasteiger partial charge on any atom is 0.346 e. The Bertz CT molecular complexity index is 920. The van der Waals surface area contributed by atoms with E-state index in [0.717, 1.165) is 4.68 Å². The van der Waals surface area contributed by atoms with Crippen LogP contribution in [0.2, 0.25) is 0 Å². The maximum atomic E-state index is 12.8. The molecule has 0 fully saturated rings. The highest BCUT2D eigenvalue weighted by Crippen LogP contribution is 2.13. The molecule has 2 aromatic heterocycles. The number of carbonyl (C=O) groups is 1. The highest BCUT2D eigenvalue weighted by molar-refractivity contribution is 5.96. The smallest absolute Gasteiger partial charge is 0.346 e. The molecule has 7 nitrogen and oxygen atoms in total. The van der Waals surface area contributed by atoms with Gasteiger partial charge in [0.25, 0.3) is 5.91 Å². The SMILES string of the molecule is NC(=O)c1nn(-c2ccccc2)c(=O)c(-[n+]2ccccc2)c1N. The fourth-order valence-corrected chi connectivity index (χ4v) is 2.25. The van der Waals surface area contributed by atoms with Gasteiger partial charge in [-0.2, -0.15) is 14.3 Å². The summed E-state index contributed by atoms with van der Waals surface area (Å²) in [7, 11) is 0. The van der Waals surface area contributed by atoms with Crippen molar-refractivity contribution in [2.24, 2.45) is 5.73 Å². The minimum atomic E-state index is -0.801. The summed E-state index contributed by atoms with van der Waals surface area (Å²) in [6.07, 6.45) is 3.32. The quantitative estimate of drug-likeness (QED) is 0.673. The van der Waals surface area contributed by atoms with Crippen LogP contribution in [0.25, 0.3) is 11.4 Å². The maximum absolute atomic E-state index is 12.8. The van der Waals surface area contributed by atoms with Crippen LogP contribution in [0.3, 0.4) is 0 Å². The number of aromatic nitrogens is 3. The molecule has 3 rings (SSSR count). The van der Waals surface area contributed by atoms with Gasteiger partial charge in [-0.1, -0.05) is 24.3 Å². The molecule has 7 heteroatoms. The van der Waals surface area contributed by atoms with Gasteiger partial charge in [-0.3, -0.25) is 9.59 Å². The van der Waals surface area contributed by atoms with Gasteiger partial charge in [-0.15, -0.1) is 0 Å². The van der Waals surface area contributed by atoms with Crippen LogP contribution in [0.1, 0.15) is 10.5 Å². The molecule has 0 saturated heterocycles. The lowest BCUT2D eigenvalue weighted by Gasteiger charge is -2.09. The predicted octanol–water partition coefficient (Wildman–Crippen LogP) is 0.190. The molecule has 0 aliphatic heterocycles. The van der Waals surface area contributed by atoms with Crippen molar-refractivity contribution in [1.29, 1.82) is 0 Å². The Labute approximate surface area is 131 Å². The Morgan fingerprint density at radius 2 is 1.65 bits per heavy atom. The van der Waals surface area contributed by atoms with Crippen molar-refractivity contribution in [3.05, 3.63) is 77.0 Å². The number of rotatable bonds is 3. The van der Waals surface area contributed by atoms with Crippen LogP contribution in [0.15, 0.2) is 65.7 Å². The Hall–Kier alpha value is -3.48. The summed E-state index contributed by atoms with van der Waals surface area (Å²) >= 11 is 0. The number of amides is 1. The van der Waals surface area contributed by atoms with Gasteiger partial charge in [0, 0.05) is 12.1 Å². The van der Waals surface area contributed by atoms with E-state index in [4.69, 9.17) is 11.5 Å². The third kappa shape index (κ3) is 2.55. The normalized spacial score (nSPS) is 10.4. The average molecular weight is 308 g/mol. The van der Waals surface area contributed by atoms with Gasteiger partial charge < -0.3 is 11.5 Å². The molecular formula is C16H14N5O2+. The number of nitrogens with two attached hydrogens (primary N) is 2. The number of hydrogen-bond acceptors (Lipinski definition) is 4. The molecular weight excluding hydrogens is 294 g/mol. The molecule has 0 radical (unpaired) electrons. The van der Waals surface area contributed by atoms with Crippen molar-refractivity contribution in [1.82, 2.24) is 9.78 Å². The molecule has 0 saturated carbocycles. The summed E-state index contributed by atoms with van der Waals surface area (Å²) in [5.74, 6) is -0.801. The number of benzene rings is 1. The second kappa shape index (κ2) is 5.72. The van der Waals surface area contributed by atoms with E-state index in [1.165, 1.54) is 4.57 Å². The molecule has 0 aliphatic rings. The third-order valence-corrected chi connectivity index (χ3v) is 3.31. The summed E-state index contributed by atoms with van der Waals surface area (Å²) < 4.78 is 2.65. The monoisotopic (exact) mass is 308 g/mol. The molecule has 3 aromatic rings. The average Bonchev–Trinajstić information content (AvgIpc) is 2.56. The van der Waals surface area contributed by atoms with Gasteiger partial charge in [0.05, 0.1) is 5.69 Å². The molecule has 0 aliphatic carbocycles. The number of nitrogens with zero attached hydrogens (tertiary/aromatic N) is 3. The van der Waals surface area contributed by atoms with E-state index in [9.17, 15) is 9.59 Å². The summed E-state index contributed by atoms with van der Waals surface area (Å²) in [5.41, 5.74) is 11.3. The highest BCUT2D eigenvalue weighted by atomic mass is 16.1. The summed E-state index contributed by atoms with van der Waals surface area (Å²) in [6.45, 7) is 0. The zero-order valence-electron chi connectivity index (χ0n) is 12.1. The zero-order chi connectivity index (χ0) is 16.4. The lowest BCUT2D eigenvalue weighted by molar-refractivity contribution is -0.596. The van der Waals surface area contributed by atoms with Gasteiger partial charge in [0.2, 0.25) is 0 Å². The van der Waals surface area contributed by atoms with Gasteiger partial charge in [0.15, 0.2) is 18.1 Å². The molecule has 1 amide bonds. The van der Waals surface area contributed by atoms with Crippen molar-refractivity contribution in [3.63, 3.8) is 0 Å². The largest absolute Gasteiger partial charge is 0.391 e. The van der Waals surface area contributed by atoms with Gasteiger partial charge >= 0.3 is 11.2 Å². The first-order chi connectivity index (χ1) is 11.1. The number of hydrogen-bond donors (Lipinski definition) is 2. The standard InChI is InChI=1S/C16H13N5O2/c17-12-13(15(18)22)19-21(11-7-3-1-4-8-11)16(23)14(12)20-9-5-2-6-10-20/h1-10H,(H3-,17,18,22,23)/p+1. The van der Waals surface area contributed by atoms with Crippen LogP contribution in [-0.2, 0) is 0 Å². The Morgan fingerprint density at radius 3 is 2.26 bits per heavy atom. The molecule has 2 heterocycles. The van der Waals surface area contributed by atoms with Crippen molar-refractivity contribution in [2.45, 2.75) is 0 Å². The minimum Gasteiger partial charge on any atom is -0.391 e. The van der Waals surface area contributed by atoms with E-state index in [0.29, 0.717) is 5.69 Å². The number of carbonyl (C=O) groups excluding carboxylic acids is 1.